The van der Waals surface area contributed by atoms with Crippen molar-refractivity contribution in [1.29, 1.82) is 5.26 Å². The van der Waals surface area contributed by atoms with Crippen LogP contribution >= 0.6 is 0 Å². The second-order valence-electron chi connectivity index (χ2n) is 5.92. The Morgan fingerprint density at radius 2 is 2.04 bits per heavy atom. The van der Waals surface area contributed by atoms with E-state index >= 15 is 0 Å². The lowest BCUT2D eigenvalue weighted by Gasteiger charge is -2.32. The maximum absolute atomic E-state index is 12.6. The van der Waals surface area contributed by atoms with E-state index < -0.39 is 18.0 Å². The molecule has 0 amide bonds. The molecule has 0 N–H and O–H groups in total. The fourth-order valence-electron chi connectivity index (χ4n) is 3.08. The molecule has 0 spiro atoms. The lowest BCUT2D eigenvalue weighted by molar-refractivity contribution is -0.143. The van der Waals surface area contributed by atoms with E-state index in [1.807, 2.05) is 13.8 Å². The molecule has 3 rings (SSSR count). The summed E-state index contributed by atoms with van der Waals surface area (Å²) >= 11 is 0. The fraction of sp³-hybridized carbons (Fsp3) is 0.471. The Bertz CT molecular complexity index is 842. The Kier molecular flexibility index (Phi) is 4.03. The van der Waals surface area contributed by atoms with Crippen LogP contribution in [0.3, 0.4) is 0 Å². The van der Waals surface area contributed by atoms with Crippen LogP contribution in [0.15, 0.2) is 12.3 Å². The highest BCUT2D eigenvalue weighted by molar-refractivity contribution is 5.96. The molecule has 0 unspecified atom stereocenters. The number of hydrogen-bond acceptors (Lipinski definition) is 6. The second-order valence-corrected chi connectivity index (χ2v) is 5.92. The number of carbonyl (C=O) groups excluding carboxylic acids is 1. The Labute approximate surface area is 139 Å². The van der Waals surface area contributed by atoms with Crippen LogP contribution in [0.25, 0.3) is 10.9 Å². The highest BCUT2D eigenvalue weighted by atomic mass is 16.7. The fourth-order valence-corrected chi connectivity index (χ4v) is 3.08. The van der Waals surface area contributed by atoms with E-state index in [0.29, 0.717) is 30.0 Å². The van der Waals surface area contributed by atoms with Crippen LogP contribution in [-0.2, 0) is 19.8 Å². The molecular formula is C17H19N3O4. The molecule has 0 atom stereocenters. The molecule has 0 radical (unpaired) electrons. The van der Waals surface area contributed by atoms with Gasteiger partial charge in [-0.25, -0.2) is 14.3 Å². The number of rotatable bonds is 5. The Morgan fingerprint density at radius 3 is 2.62 bits per heavy atom. The third-order valence-electron chi connectivity index (χ3n) is 3.98. The summed E-state index contributed by atoms with van der Waals surface area (Å²) in [4.78, 5) is 16.8. The Hall–Kier alpha value is -2.43. The quantitative estimate of drug-likeness (QED) is 0.783. The van der Waals surface area contributed by atoms with E-state index in [9.17, 15) is 10.1 Å². The third-order valence-corrected chi connectivity index (χ3v) is 3.98. The van der Waals surface area contributed by atoms with Crippen molar-refractivity contribution in [2.75, 3.05) is 13.2 Å². The summed E-state index contributed by atoms with van der Waals surface area (Å²) in [6.45, 7) is 8.07. The van der Waals surface area contributed by atoms with Gasteiger partial charge in [0.2, 0.25) is 0 Å². The van der Waals surface area contributed by atoms with E-state index in [-0.39, 0.29) is 5.69 Å². The number of pyridine rings is 1. The molecule has 1 aliphatic heterocycles. The normalized spacial score (nSPS) is 15.6. The smallest absolute Gasteiger partial charge is 0.419 e. The van der Waals surface area contributed by atoms with Crippen molar-refractivity contribution in [3.05, 3.63) is 29.2 Å². The van der Waals surface area contributed by atoms with Crippen molar-refractivity contribution in [1.82, 2.24) is 9.55 Å². The van der Waals surface area contributed by atoms with E-state index in [1.54, 1.807) is 26.1 Å². The molecule has 24 heavy (non-hydrogen) atoms. The first-order chi connectivity index (χ1) is 11.4. The van der Waals surface area contributed by atoms with Crippen LogP contribution < -0.4 is 0 Å². The van der Waals surface area contributed by atoms with Crippen LogP contribution in [0.1, 0.15) is 50.9 Å². The first kappa shape index (κ1) is 16.4. The van der Waals surface area contributed by atoms with Crippen molar-refractivity contribution >= 4 is 17.0 Å². The lowest BCUT2D eigenvalue weighted by atomic mass is 9.94. The van der Waals surface area contributed by atoms with Crippen molar-refractivity contribution in [3.63, 3.8) is 0 Å². The molecule has 126 valence electrons. The third kappa shape index (κ3) is 2.35. The molecule has 3 heterocycles. The number of cyclic esters (lactones) is 1. The monoisotopic (exact) mass is 329 g/mol. The van der Waals surface area contributed by atoms with E-state index in [4.69, 9.17) is 14.2 Å². The summed E-state index contributed by atoms with van der Waals surface area (Å²) in [6, 6.07) is 3.88. The highest BCUT2D eigenvalue weighted by Crippen LogP contribution is 2.40. The van der Waals surface area contributed by atoms with Crippen LogP contribution in [0.2, 0.25) is 0 Å². The number of nitrogens with zero attached hydrogens (tertiary/aromatic N) is 3. The molecule has 2 aromatic heterocycles. The minimum Gasteiger partial charge on any atom is -0.438 e. The van der Waals surface area contributed by atoms with Gasteiger partial charge in [0.15, 0.2) is 6.29 Å². The van der Waals surface area contributed by atoms with Gasteiger partial charge in [-0.2, -0.15) is 5.26 Å². The zero-order chi connectivity index (χ0) is 17.5. The Balaban J connectivity index is 2.34. The van der Waals surface area contributed by atoms with Crippen molar-refractivity contribution in [2.24, 2.45) is 0 Å². The van der Waals surface area contributed by atoms with Crippen molar-refractivity contribution in [2.45, 2.75) is 39.6 Å². The highest BCUT2D eigenvalue weighted by Gasteiger charge is 2.40. The van der Waals surface area contributed by atoms with Gasteiger partial charge in [-0.1, -0.05) is 0 Å². The van der Waals surface area contributed by atoms with Crippen molar-refractivity contribution in [3.8, 4) is 6.07 Å². The summed E-state index contributed by atoms with van der Waals surface area (Å²) in [5, 5.41) is 10.1. The molecule has 0 bridgehead atoms. The molecule has 0 aliphatic carbocycles. The number of ether oxygens (including phenoxy) is 3. The average Bonchev–Trinajstić information content (AvgIpc) is 2.91. The first-order valence-electron chi connectivity index (χ1n) is 7.86. The van der Waals surface area contributed by atoms with Crippen LogP contribution in [-0.4, -0.2) is 28.9 Å². The largest absolute Gasteiger partial charge is 0.438 e. The maximum Gasteiger partial charge on any atom is 0.419 e. The van der Waals surface area contributed by atoms with Gasteiger partial charge < -0.3 is 14.2 Å². The lowest BCUT2D eigenvalue weighted by Crippen LogP contribution is -2.36. The van der Waals surface area contributed by atoms with Gasteiger partial charge in [0.25, 0.3) is 0 Å². The van der Waals surface area contributed by atoms with Crippen LogP contribution in [0, 0.1) is 11.3 Å². The van der Waals surface area contributed by atoms with Crippen LogP contribution in [0.4, 0.5) is 4.79 Å². The molecule has 7 nitrogen and oxygen atoms in total. The number of carbonyl (C=O) groups is 1. The molecule has 7 heteroatoms. The van der Waals surface area contributed by atoms with Gasteiger partial charge in [-0.3, -0.25) is 0 Å². The van der Waals surface area contributed by atoms with E-state index in [0.717, 1.165) is 5.39 Å². The summed E-state index contributed by atoms with van der Waals surface area (Å²) in [7, 11) is 0. The summed E-state index contributed by atoms with van der Waals surface area (Å²) in [5.41, 5.74) is 1.07. The Morgan fingerprint density at radius 1 is 1.38 bits per heavy atom. The molecule has 0 aromatic carbocycles. The first-order valence-corrected chi connectivity index (χ1v) is 7.86. The minimum atomic E-state index is -0.937. The average molecular weight is 329 g/mol. The zero-order valence-electron chi connectivity index (χ0n) is 14.1. The van der Waals surface area contributed by atoms with Crippen molar-refractivity contribution < 1.29 is 19.0 Å². The molecule has 2 aromatic rings. The summed E-state index contributed by atoms with van der Waals surface area (Å²) in [6.07, 6.45) is 0.373. The van der Waals surface area contributed by atoms with Gasteiger partial charge in [0, 0.05) is 24.8 Å². The number of hydrogen-bond donors (Lipinski definition) is 0. The zero-order valence-corrected chi connectivity index (χ0v) is 14.1. The molecule has 0 saturated carbocycles. The van der Waals surface area contributed by atoms with Gasteiger partial charge >= 0.3 is 6.09 Å². The summed E-state index contributed by atoms with van der Waals surface area (Å²) in [5.74, 6) is 0. The molecule has 1 aliphatic rings. The van der Waals surface area contributed by atoms with Gasteiger partial charge in [0.05, 0.1) is 16.8 Å². The summed E-state index contributed by atoms with van der Waals surface area (Å²) < 4.78 is 18.2. The maximum atomic E-state index is 12.6. The predicted molar refractivity (Wildman–Crippen MR) is 85.3 cm³/mol. The second kappa shape index (κ2) is 5.89. The van der Waals surface area contributed by atoms with E-state index in [1.165, 1.54) is 4.57 Å². The van der Waals surface area contributed by atoms with Crippen LogP contribution in [0.5, 0.6) is 0 Å². The number of nitriles is 1. The molecular weight excluding hydrogens is 310 g/mol. The molecule has 0 saturated heterocycles. The predicted octanol–water partition coefficient (Wildman–Crippen LogP) is 3.21. The topological polar surface area (TPSA) is 86.4 Å². The number of aromatic nitrogens is 2. The standard InChI is InChI=1S/C17H19N3O4/c1-5-22-15(23-6-2)12-7-10-9-19-11(8-18)13-14(10)20(12)16(21)24-17(13,3)4/h7,9,15H,5-6H2,1-4H3. The van der Waals surface area contributed by atoms with Gasteiger partial charge in [-0.15, -0.1) is 0 Å². The SMILES string of the molecule is CCOC(OCC)c1cc2cnc(C#N)c3c2n1C(=O)OC3(C)C. The molecule has 0 fully saturated rings. The van der Waals surface area contributed by atoms with E-state index in [2.05, 4.69) is 11.1 Å². The van der Waals surface area contributed by atoms with Gasteiger partial charge in [0.1, 0.15) is 17.4 Å². The van der Waals surface area contributed by atoms with Gasteiger partial charge in [-0.05, 0) is 33.8 Å². The minimum absolute atomic E-state index is 0.246.